The average Bonchev–Trinajstić information content (AvgIpc) is 2.77. The molecule has 0 heterocycles. The predicted octanol–water partition coefficient (Wildman–Crippen LogP) is 3.84. The number of rotatable bonds is 11. The highest BCUT2D eigenvalue weighted by Gasteiger charge is 2.24. The van der Waals surface area contributed by atoms with Gasteiger partial charge in [0.1, 0.15) is 11.8 Å². The maximum absolute atomic E-state index is 13.2. The molecule has 2 unspecified atom stereocenters. The Bertz CT molecular complexity index is 876. The molecule has 0 aliphatic carbocycles. The summed E-state index contributed by atoms with van der Waals surface area (Å²) in [6, 6.07) is 14.2. The van der Waals surface area contributed by atoms with Crippen LogP contribution in [-0.4, -0.2) is 38.7 Å². The second-order valence-corrected chi connectivity index (χ2v) is 14.2. The number of nitrogens with one attached hydrogen (secondary N) is 2. The number of anilines is 1. The van der Waals surface area contributed by atoms with Crippen LogP contribution >= 0.6 is 0 Å². The van der Waals surface area contributed by atoms with E-state index < -0.39 is 14.1 Å². The zero-order valence-electron chi connectivity index (χ0n) is 19.8. The Balaban J connectivity index is 2.20. The number of methoxy groups -OCH3 is 1. The van der Waals surface area contributed by atoms with Crippen molar-refractivity contribution < 1.29 is 19.4 Å². The first-order chi connectivity index (χ1) is 15.2. The lowest BCUT2D eigenvalue weighted by molar-refractivity contribution is -0.127. The van der Waals surface area contributed by atoms with Crippen molar-refractivity contribution in [3.8, 4) is 5.75 Å². The Kier molecular flexibility index (Phi) is 9.47. The van der Waals surface area contributed by atoms with Crippen LogP contribution in [0.5, 0.6) is 5.75 Å². The second kappa shape index (κ2) is 11.8. The highest BCUT2D eigenvalue weighted by molar-refractivity contribution is 6.88. The van der Waals surface area contributed by atoms with E-state index in [9.17, 15) is 14.7 Å². The van der Waals surface area contributed by atoms with Gasteiger partial charge in [0.2, 0.25) is 5.91 Å². The molecule has 6 nitrogen and oxygen atoms in total. The van der Waals surface area contributed by atoms with Crippen LogP contribution in [-0.2, 0) is 9.59 Å². The Morgan fingerprint density at radius 1 is 1.03 bits per heavy atom. The van der Waals surface area contributed by atoms with Crippen molar-refractivity contribution in [2.45, 2.75) is 51.9 Å². The number of aliphatic hydroxyl groups excluding tert-OH is 1. The molecule has 0 aromatic heterocycles. The Labute approximate surface area is 192 Å². The molecule has 0 bridgehead atoms. The van der Waals surface area contributed by atoms with Crippen molar-refractivity contribution in [2.24, 2.45) is 5.92 Å². The van der Waals surface area contributed by atoms with Crippen LogP contribution in [0, 0.1) is 5.92 Å². The molecule has 0 spiro atoms. The average molecular weight is 457 g/mol. The van der Waals surface area contributed by atoms with E-state index in [4.69, 9.17) is 4.74 Å². The maximum atomic E-state index is 13.2. The van der Waals surface area contributed by atoms with E-state index in [0.717, 1.165) is 6.42 Å². The molecule has 0 saturated heterocycles. The molecule has 0 fully saturated rings. The molecule has 32 heavy (non-hydrogen) atoms. The molecular weight excluding hydrogens is 420 g/mol. The molecule has 2 aromatic rings. The van der Waals surface area contributed by atoms with Crippen molar-refractivity contribution >= 4 is 30.8 Å². The van der Waals surface area contributed by atoms with Crippen LogP contribution in [0.3, 0.4) is 0 Å². The zero-order chi connectivity index (χ0) is 23.7. The van der Waals surface area contributed by atoms with Crippen LogP contribution in [0.25, 0.3) is 0 Å². The fourth-order valence-corrected chi connectivity index (χ4v) is 4.65. The lowest BCUT2D eigenvalue weighted by atomic mass is 9.97. The van der Waals surface area contributed by atoms with Gasteiger partial charge in [-0.25, -0.2) is 0 Å². The number of ether oxygens (including phenoxy) is 1. The van der Waals surface area contributed by atoms with Gasteiger partial charge < -0.3 is 20.5 Å². The fraction of sp³-hybridized carbons (Fsp3) is 0.440. The third-order valence-corrected chi connectivity index (χ3v) is 7.69. The Morgan fingerprint density at radius 2 is 1.66 bits per heavy atom. The van der Waals surface area contributed by atoms with Crippen molar-refractivity contribution in [1.82, 2.24) is 5.32 Å². The van der Waals surface area contributed by atoms with Crippen molar-refractivity contribution in [3.05, 3.63) is 54.1 Å². The predicted molar refractivity (Wildman–Crippen MR) is 132 cm³/mol. The first-order valence-electron chi connectivity index (χ1n) is 11.1. The van der Waals surface area contributed by atoms with E-state index in [-0.39, 0.29) is 30.8 Å². The highest BCUT2D eigenvalue weighted by Crippen LogP contribution is 2.21. The summed E-state index contributed by atoms with van der Waals surface area (Å²) in [4.78, 5) is 25.9. The minimum absolute atomic E-state index is 0.0433. The van der Waals surface area contributed by atoms with Gasteiger partial charge in [-0.05, 0) is 42.2 Å². The first-order valence-corrected chi connectivity index (χ1v) is 14.6. The fourth-order valence-electron chi connectivity index (χ4n) is 3.48. The van der Waals surface area contributed by atoms with Gasteiger partial charge in [0, 0.05) is 18.7 Å². The quantitative estimate of drug-likeness (QED) is 0.449. The van der Waals surface area contributed by atoms with Crippen LogP contribution in [0.15, 0.2) is 48.5 Å². The Morgan fingerprint density at radius 3 is 2.16 bits per heavy atom. The molecular formula is C25H36N2O4Si. The summed E-state index contributed by atoms with van der Waals surface area (Å²) in [5.74, 6) is 0.235. The summed E-state index contributed by atoms with van der Waals surface area (Å²) in [6.07, 6.45) is 1.62. The highest BCUT2D eigenvalue weighted by atomic mass is 28.3. The molecule has 2 rings (SSSR count). The van der Waals surface area contributed by atoms with Crippen molar-refractivity contribution in [1.29, 1.82) is 0 Å². The molecule has 3 N–H and O–H groups in total. The zero-order valence-corrected chi connectivity index (χ0v) is 20.8. The number of aliphatic hydroxyl groups is 1. The van der Waals surface area contributed by atoms with Crippen LogP contribution in [0.2, 0.25) is 19.6 Å². The van der Waals surface area contributed by atoms with Gasteiger partial charge >= 0.3 is 0 Å². The van der Waals surface area contributed by atoms with Crippen LogP contribution in [0.1, 0.15) is 37.8 Å². The molecule has 0 saturated carbocycles. The minimum atomic E-state index is -1.43. The maximum Gasteiger partial charge on any atom is 0.251 e. The van der Waals surface area contributed by atoms with E-state index in [1.54, 1.807) is 31.4 Å². The van der Waals surface area contributed by atoms with Gasteiger partial charge in [-0.1, -0.05) is 62.4 Å². The van der Waals surface area contributed by atoms with Gasteiger partial charge in [-0.3, -0.25) is 9.59 Å². The molecule has 2 atom stereocenters. The van der Waals surface area contributed by atoms with E-state index in [2.05, 4.69) is 42.4 Å². The van der Waals surface area contributed by atoms with E-state index in [1.807, 2.05) is 19.1 Å². The number of benzene rings is 2. The summed E-state index contributed by atoms with van der Waals surface area (Å²) in [6.45, 7) is 8.86. The van der Waals surface area contributed by atoms with Crippen molar-refractivity contribution in [2.75, 3.05) is 19.0 Å². The molecule has 0 aliphatic heterocycles. The summed E-state index contributed by atoms with van der Waals surface area (Å²) in [5, 5.41) is 16.3. The normalized spacial score (nSPS) is 13.2. The smallest absolute Gasteiger partial charge is 0.251 e. The van der Waals surface area contributed by atoms with E-state index >= 15 is 0 Å². The third-order valence-electron chi connectivity index (χ3n) is 5.62. The SMILES string of the molecule is CCC(CCO)CC(=O)NC(C(=O)Nc1ccc([Si](C)(C)C)cc1)c1ccc(OC)cc1. The summed E-state index contributed by atoms with van der Waals surface area (Å²) < 4.78 is 5.21. The summed E-state index contributed by atoms with van der Waals surface area (Å²) in [7, 11) is 0.153. The first kappa shape index (κ1) is 25.6. The molecule has 0 aliphatic rings. The molecule has 174 valence electrons. The van der Waals surface area contributed by atoms with Gasteiger partial charge in [-0.15, -0.1) is 0 Å². The lowest BCUT2D eigenvalue weighted by Gasteiger charge is -2.21. The van der Waals surface area contributed by atoms with Gasteiger partial charge in [-0.2, -0.15) is 0 Å². The summed E-state index contributed by atoms with van der Waals surface area (Å²) in [5.41, 5.74) is 1.36. The third kappa shape index (κ3) is 7.49. The number of hydrogen-bond acceptors (Lipinski definition) is 4. The van der Waals surface area contributed by atoms with Crippen LogP contribution < -0.4 is 20.6 Å². The van der Waals surface area contributed by atoms with E-state index in [1.165, 1.54) is 5.19 Å². The van der Waals surface area contributed by atoms with Gasteiger partial charge in [0.05, 0.1) is 15.2 Å². The van der Waals surface area contributed by atoms with Gasteiger partial charge in [0.25, 0.3) is 5.91 Å². The molecule has 2 amide bonds. The van der Waals surface area contributed by atoms with E-state index in [0.29, 0.717) is 23.4 Å². The lowest BCUT2D eigenvalue weighted by Crippen LogP contribution is -2.38. The Hall–Kier alpha value is -2.64. The second-order valence-electron chi connectivity index (χ2n) is 9.08. The topological polar surface area (TPSA) is 87.7 Å². The molecule has 7 heteroatoms. The number of carbonyl (C=O) groups is 2. The van der Waals surface area contributed by atoms with Crippen molar-refractivity contribution in [3.63, 3.8) is 0 Å². The summed E-state index contributed by atoms with van der Waals surface area (Å²) >= 11 is 0. The largest absolute Gasteiger partial charge is 0.497 e. The molecule has 0 radical (unpaired) electrons. The van der Waals surface area contributed by atoms with Gasteiger partial charge in [0.15, 0.2) is 0 Å². The molecule has 2 aromatic carbocycles. The monoisotopic (exact) mass is 456 g/mol. The minimum Gasteiger partial charge on any atom is -0.497 e. The van der Waals surface area contributed by atoms with Crippen LogP contribution in [0.4, 0.5) is 5.69 Å². The number of amides is 2. The number of hydrogen-bond donors (Lipinski definition) is 3. The standard InChI is InChI=1S/C25H36N2O4Si/c1-6-18(15-16-28)17-23(29)27-24(19-7-11-21(31-2)12-8-19)25(30)26-20-9-13-22(14-10-20)32(3,4)5/h7-14,18,24,28H,6,15-17H2,1-5H3,(H,26,30)(H,27,29). The number of carbonyl (C=O) groups excluding carboxylic acids is 2.